The number of hydrogen-bond acceptors (Lipinski definition) is 3. The van der Waals surface area contributed by atoms with Crippen LogP contribution in [0.5, 0.6) is 0 Å². The van der Waals surface area contributed by atoms with Crippen molar-refractivity contribution in [1.82, 2.24) is 4.90 Å². The van der Waals surface area contributed by atoms with Gasteiger partial charge in [0.15, 0.2) is 0 Å². The summed E-state index contributed by atoms with van der Waals surface area (Å²) in [7, 11) is 0. The van der Waals surface area contributed by atoms with Gasteiger partial charge in [0.2, 0.25) is 0 Å². The second-order valence-corrected chi connectivity index (χ2v) is 5.47. The highest BCUT2D eigenvalue weighted by Gasteiger charge is 2.44. The van der Waals surface area contributed by atoms with Crippen LogP contribution in [-0.4, -0.2) is 47.4 Å². The highest BCUT2D eigenvalue weighted by Crippen LogP contribution is 2.43. The first kappa shape index (κ1) is 10.1. The van der Waals surface area contributed by atoms with Crippen molar-refractivity contribution in [3.63, 3.8) is 0 Å². The zero-order valence-corrected chi connectivity index (χ0v) is 9.32. The fraction of sp³-hybridized carbons (Fsp3) is 1.00. The van der Waals surface area contributed by atoms with Gasteiger partial charge in [-0.1, -0.05) is 0 Å². The lowest BCUT2D eigenvalue weighted by atomic mass is 9.73. The molecular weight excluding hydrogens is 190 g/mol. The molecule has 2 saturated heterocycles. The van der Waals surface area contributed by atoms with Crippen molar-refractivity contribution >= 4 is 0 Å². The molecule has 0 aromatic rings. The molecule has 86 valence electrons. The highest BCUT2D eigenvalue weighted by molar-refractivity contribution is 4.97. The number of aliphatic hydroxyl groups excluding tert-OH is 1. The maximum absolute atomic E-state index is 9.56. The van der Waals surface area contributed by atoms with Gasteiger partial charge in [-0.3, -0.25) is 4.90 Å². The van der Waals surface area contributed by atoms with Crippen LogP contribution in [0.15, 0.2) is 0 Å². The first-order valence-electron chi connectivity index (χ1n) is 6.34. The maximum atomic E-state index is 9.56. The Bertz CT molecular complexity index is 240. The van der Waals surface area contributed by atoms with Gasteiger partial charge in [-0.15, -0.1) is 0 Å². The van der Waals surface area contributed by atoms with E-state index in [4.69, 9.17) is 4.74 Å². The van der Waals surface area contributed by atoms with Gasteiger partial charge in [-0.2, -0.15) is 0 Å². The van der Waals surface area contributed by atoms with E-state index < -0.39 is 0 Å². The second-order valence-electron chi connectivity index (χ2n) is 5.47. The van der Waals surface area contributed by atoms with Crippen molar-refractivity contribution in [1.29, 1.82) is 0 Å². The van der Waals surface area contributed by atoms with Crippen LogP contribution < -0.4 is 0 Å². The van der Waals surface area contributed by atoms with Crippen molar-refractivity contribution in [3.05, 3.63) is 0 Å². The van der Waals surface area contributed by atoms with Crippen molar-refractivity contribution in [2.24, 2.45) is 0 Å². The average Bonchev–Trinajstić information content (AvgIpc) is 2.63. The Morgan fingerprint density at radius 1 is 1.27 bits per heavy atom. The molecular formula is C12H21NO2. The van der Waals surface area contributed by atoms with Gasteiger partial charge in [-0.05, 0) is 38.5 Å². The molecule has 0 bridgehead atoms. The summed E-state index contributed by atoms with van der Waals surface area (Å²) in [5.41, 5.74) is 0.246. The molecule has 3 aliphatic rings. The number of β-amino-alcohol motifs (C(OH)–C–C–N with tert-alkyl or cyclic N) is 1. The summed E-state index contributed by atoms with van der Waals surface area (Å²) in [6.45, 7) is 2.90. The molecule has 0 aromatic carbocycles. The van der Waals surface area contributed by atoms with Gasteiger partial charge in [-0.25, -0.2) is 0 Å². The molecule has 2 aliphatic heterocycles. The smallest absolute Gasteiger partial charge is 0.0697 e. The van der Waals surface area contributed by atoms with Crippen LogP contribution in [0.2, 0.25) is 0 Å². The summed E-state index contributed by atoms with van der Waals surface area (Å²) in [4.78, 5) is 2.48. The van der Waals surface area contributed by atoms with Crippen LogP contribution in [-0.2, 0) is 4.74 Å². The van der Waals surface area contributed by atoms with E-state index >= 15 is 0 Å². The van der Waals surface area contributed by atoms with Crippen LogP contribution in [0.25, 0.3) is 0 Å². The lowest BCUT2D eigenvalue weighted by Gasteiger charge is -2.49. The molecule has 2 atom stereocenters. The number of hydrogen-bond donors (Lipinski definition) is 1. The number of nitrogens with zero attached hydrogens (tertiary/aromatic N) is 1. The maximum Gasteiger partial charge on any atom is 0.0697 e. The molecule has 1 saturated carbocycles. The minimum Gasteiger partial charge on any atom is -0.392 e. The molecule has 3 rings (SSSR count). The van der Waals surface area contributed by atoms with Crippen LogP contribution >= 0.6 is 0 Å². The summed E-state index contributed by atoms with van der Waals surface area (Å²) >= 11 is 0. The van der Waals surface area contributed by atoms with Crippen molar-refractivity contribution in [2.45, 2.75) is 56.3 Å². The minimum absolute atomic E-state index is 0.0785. The van der Waals surface area contributed by atoms with Crippen LogP contribution in [0.3, 0.4) is 0 Å². The van der Waals surface area contributed by atoms with Gasteiger partial charge in [0.05, 0.1) is 11.7 Å². The van der Waals surface area contributed by atoms with Crippen LogP contribution in [0.4, 0.5) is 0 Å². The number of rotatable bonds is 1. The Balaban J connectivity index is 1.61. The Kier molecular flexibility index (Phi) is 2.49. The Labute approximate surface area is 91.4 Å². The van der Waals surface area contributed by atoms with Crippen molar-refractivity contribution in [2.75, 3.05) is 19.7 Å². The Morgan fingerprint density at radius 3 is 2.73 bits per heavy atom. The quantitative estimate of drug-likeness (QED) is 0.706. The topological polar surface area (TPSA) is 32.7 Å². The molecule has 2 heterocycles. The number of aliphatic hydroxyl groups is 1. The zero-order chi connectivity index (χ0) is 10.3. The van der Waals surface area contributed by atoms with Gasteiger partial charge >= 0.3 is 0 Å². The van der Waals surface area contributed by atoms with E-state index in [1.165, 1.54) is 25.7 Å². The summed E-state index contributed by atoms with van der Waals surface area (Å²) in [5.74, 6) is 0. The van der Waals surface area contributed by atoms with Crippen molar-refractivity contribution in [3.8, 4) is 0 Å². The van der Waals surface area contributed by atoms with Gasteiger partial charge in [0.25, 0.3) is 0 Å². The monoisotopic (exact) mass is 211 g/mol. The molecule has 0 aromatic heterocycles. The Morgan fingerprint density at radius 2 is 2.13 bits per heavy atom. The van der Waals surface area contributed by atoms with E-state index in [0.29, 0.717) is 6.04 Å². The third-order valence-electron chi connectivity index (χ3n) is 4.44. The van der Waals surface area contributed by atoms with E-state index in [-0.39, 0.29) is 11.7 Å². The molecule has 15 heavy (non-hydrogen) atoms. The third-order valence-corrected chi connectivity index (χ3v) is 4.44. The largest absolute Gasteiger partial charge is 0.392 e. The van der Waals surface area contributed by atoms with E-state index in [1.807, 2.05) is 0 Å². The van der Waals surface area contributed by atoms with E-state index in [0.717, 1.165) is 32.5 Å². The minimum atomic E-state index is -0.0785. The molecule has 1 aliphatic carbocycles. The summed E-state index contributed by atoms with van der Waals surface area (Å²) in [6.07, 6.45) is 7.12. The molecule has 3 fully saturated rings. The fourth-order valence-corrected chi connectivity index (χ4v) is 3.33. The average molecular weight is 211 g/mol. The molecule has 1 spiro atoms. The second kappa shape index (κ2) is 3.72. The predicted molar refractivity (Wildman–Crippen MR) is 57.8 cm³/mol. The molecule has 1 N–H and O–H groups in total. The third kappa shape index (κ3) is 1.81. The van der Waals surface area contributed by atoms with Crippen molar-refractivity contribution < 1.29 is 9.84 Å². The summed E-state index contributed by atoms with van der Waals surface area (Å²) in [6, 6.07) is 0.677. The molecule has 3 nitrogen and oxygen atoms in total. The van der Waals surface area contributed by atoms with Gasteiger partial charge < -0.3 is 9.84 Å². The number of likely N-dealkylation sites (tertiary alicyclic amines) is 1. The van der Waals surface area contributed by atoms with Gasteiger partial charge in [0, 0.05) is 25.7 Å². The van der Waals surface area contributed by atoms with E-state index in [2.05, 4.69) is 4.90 Å². The molecule has 0 amide bonds. The fourth-order valence-electron chi connectivity index (χ4n) is 3.33. The first-order valence-corrected chi connectivity index (χ1v) is 6.34. The highest BCUT2D eigenvalue weighted by atomic mass is 16.5. The Hall–Kier alpha value is -0.120. The molecule has 2 unspecified atom stereocenters. The molecule has 3 heteroatoms. The van der Waals surface area contributed by atoms with E-state index in [1.54, 1.807) is 0 Å². The van der Waals surface area contributed by atoms with Gasteiger partial charge in [0.1, 0.15) is 0 Å². The lowest BCUT2D eigenvalue weighted by Crippen LogP contribution is -2.51. The van der Waals surface area contributed by atoms with Crippen LogP contribution in [0.1, 0.15) is 38.5 Å². The lowest BCUT2D eigenvalue weighted by molar-refractivity contribution is -0.147. The zero-order valence-electron chi connectivity index (χ0n) is 9.32. The van der Waals surface area contributed by atoms with E-state index in [9.17, 15) is 5.11 Å². The first-order chi connectivity index (χ1) is 7.27. The summed E-state index contributed by atoms with van der Waals surface area (Å²) in [5, 5.41) is 9.56. The standard InChI is InChI=1S/C12H21NO2/c14-11-2-6-13(9-11)10-3-7-15-12(8-10)4-1-5-12/h10-11,14H,1-9H2. The van der Waals surface area contributed by atoms with Crippen LogP contribution in [0, 0.1) is 0 Å². The summed E-state index contributed by atoms with van der Waals surface area (Å²) < 4.78 is 5.93. The predicted octanol–water partition coefficient (Wildman–Crippen LogP) is 1.15. The number of ether oxygens (including phenoxy) is 1. The SMILES string of the molecule is OC1CCN(C2CCOC3(CCC3)C2)C1. The molecule has 0 radical (unpaired) electrons. The normalized spacial score (nSPS) is 40.6.